The number of hydrogen-bond acceptors (Lipinski definition) is 6. The van der Waals surface area contributed by atoms with E-state index in [-0.39, 0.29) is 46.3 Å². The van der Waals surface area contributed by atoms with Crippen LogP contribution >= 0.6 is 0 Å². The second-order valence-corrected chi connectivity index (χ2v) is 11.6. The van der Waals surface area contributed by atoms with Gasteiger partial charge in [-0.2, -0.15) is 5.26 Å². The van der Waals surface area contributed by atoms with Gasteiger partial charge in [0.25, 0.3) is 0 Å². The number of carbonyl (C=O) groups excluding carboxylic acids is 2. The van der Waals surface area contributed by atoms with Crippen molar-refractivity contribution in [1.29, 1.82) is 5.26 Å². The Morgan fingerprint density at radius 1 is 1.13 bits per heavy atom. The fourth-order valence-corrected chi connectivity index (χ4v) is 9.90. The third-order valence-electron chi connectivity index (χ3n) is 11.3. The molecule has 0 aromatic heterocycles. The average Bonchev–Trinajstić information content (AvgIpc) is 3.01. The number of nitrogens with two attached hydrogens (primary N) is 1. The third kappa shape index (κ3) is 1.41. The first-order valence-corrected chi connectivity index (χ1v) is 11.5. The van der Waals surface area contributed by atoms with E-state index in [4.69, 9.17) is 15.2 Å². The van der Waals surface area contributed by atoms with Crippen LogP contribution in [0.1, 0.15) is 65.2 Å². The van der Waals surface area contributed by atoms with Gasteiger partial charge in [-0.3, -0.25) is 9.59 Å². The van der Waals surface area contributed by atoms with E-state index in [0.29, 0.717) is 42.9 Å². The maximum atomic E-state index is 13.0. The molecule has 0 aromatic rings. The number of fused-ring (bicyclic) bond motifs is 5. The lowest BCUT2D eigenvalue weighted by atomic mass is 9.39. The van der Waals surface area contributed by atoms with Gasteiger partial charge in [0.15, 0.2) is 5.78 Å². The van der Waals surface area contributed by atoms with E-state index in [0.717, 1.165) is 25.7 Å². The van der Waals surface area contributed by atoms with Crippen LogP contribution in [0.25, 0.3) is 0 Å². The summed E-state index contributed by atoms with van der Waals surface area (Å²) in [6, 6.07) is 2.61. The number of epoxide rings is 1. The van der Waals surface area contributed by atoms with Crippen molar-refractivity contribution in [3.05, 3.63) is 11.3 Å². The normalized spacial score (nSPS) is 59.5. The van der Waals surface area contributed by atoms with Gasteiger partial charge in [0, 0.05) is 46.8 Å². The molecule has 2 spiro atoms. The molecule has 7 aliphatic rings. The lowest BCUT2D eigenvalue weighted by molar-refractivity contribution is -0.171. The van der Waals surface area contributed by atoms with Gasteiger partial charge in [0.1, 0.15) is 11.2 Å². The third-order valence-corrected chi connectivity index (χ3v) is 11.3. The van der Waals surface area contributed by atoms with Crippen molar-refractivity contribution in [3.63, 3.8) is 0 Å². The summed E-state index contributed by atoms with van der Waals surface area (Å²) in [6.07, 6.45) is 5.92. The summed E-state index contributed by atoms with van der Waals surface area (Å²) in [5.74, 6) is 0.519. The topological polar surface area (TPSA) is 106 Å². The molecule has 0 amide bonds. The predicted molar refractivity (Wildman–Crippen MR) is 104 cm³/mol. The minimum absolute atomic E-state index is 0.0108. The van der Waals surface area contributed by atoms with Gasteiger partial charge in [0.05, 0.1) is 17.6 Å². The molecular formula is C24H28N2O4. The molecule has 6 heteroatoms. The summed E-state index contributed by atoms with van der Waals surface area (Å²) in [4.78, 5) is 25.1. The highest BCUT2D eigenvalue weighted by Gasteiger charge is 2.88. The summed E-state index contributed by atoms with van der Waals surface area (Å²) < 4.78 is 12.8. The Labute approximate surface area is 176 Å². The van der Waals surface area contributed by atoms with Gasteiger partial charge in [-0.1, -0.05) is 13.8 Å². The van der Waals surface area contributed by atoms with Gasteiger partial charge >= 0.3 is 5.97 Å². The van der Waals surface area contributed by atoms with Gasteiger partial charge in [-0.25, -0.2) is 0 Å². The minimum atomic E-state index is -0.813. The largest absolute Gasteiger partial charge is 0.458 e. The highest BCUT2D eigenvalue weighted by molar-refractivity contribution is 6.00. The lowest BCUT2D eigenvalue weighted by Crippen LogP contribution is -2.66. The number of ketones is 1. The standard InChI is InChI=1S/C24H28N2O4/c1-20-10-15-24(29-15)17(13(20)3-7-23(20)8-5-16(28)30-23)12-9-22(11-25)18(19(12)26)14(27)4-6-21(22,24)2/h12-13,15,17H,3-10,26H2,1-2H3/t12-,13?,15-,17?,20?,21?,22-,23+,24?/m0/s1. The van der Waals surface area contributed by atoms with E-state index in [1.807, 2.05) is 0 Å². The molecule has 2 aliphatic heterocycles. The molecule has 2 bridgehead atoms. The first-order chi connectivity index (χ1) is 14.2. The smallest absolute Gasteiger partial charge is 0.306 e. The molecule has 0 aromatic carbocycles. The highest BCUT2D eigenvalue weighted by Crippen LogP contribution is 2.83. The monoisotopic (exact) mass is 408 g/mol. The number of ether oxygens (including phenoxy) is 2. The zero-order valence-corrected chi connectivity index (χ0v) is 17.6. The van der Waals surface area contributed by atoms with Gasteiger partial charge in [0.2, 0.25) is 0 Å². The van der Waals surface area contributed by atoms with Crippen LogP contribution in [-0.2, 0) is 19.1 Å². The maximum absolute atomic E-state index is 13.0. The van der Waals surface area contributed by atoms with Crippen molar-refractivity contribution in [2.75, 3.05) is 0 Å². The SMILES string of the molecule is CC12C[C@@H]3OC34C(C1CC[C@@]21CCC(=O)O1)[C@@H]1C[C@]2(C#N)C(=C1N)C(=O)CCC42C. The van der Waals surface area contributed by atoms with Crippen molar-refractivity contribution in [2.45, 2.75) is 82.5 Å². The van der Waals surface area contributed by atoms with Gasteiger partial charge < -0.3 is 15.2 Å². The summed E-state index contributed by atoms with van der Waals surface area (Å²) in [5.41, 5.74) is 5.90. The molecule has 2 heterocycles. The Balaban J connectivity index is 1.44. The summed E-state index contributed by atoms with van der Waals surface area (Å²) in [5, 5.41) is 10.4. The van der Waals surface area contributed by atoms with Crippen LogP contribution in [0.4, 0.5) is 0 Å². The van der Waals surface area contributed by atoms with Crippen LogP contribution in [0.15, 0.2) is 11.3 Å². The van der Waals surface area contributed by atoms with Crippen molar-refractivity contribution >= 4 is 11.8 Å². The second-order valence-electron chi connectivity index (χ2n) is 11.6. The minimum Gasteiger partial charge on any atom is -0.458 e. The molecule has 7 rings (SSSR count). The molecule has 30 heavy (non-hydrogen) atoms. The molecule has 6 nitrogen and oxygen atoms in total. The molecule has 5 unspecified atom stereocenters. The molecule has 2 saturated heterocycles. The predicted octanol–water partition coefficient (Wildman–Crippen LogP) is 2.76. The number of nitriles is 1. The highest BCUT2D eigenvalue weighted by atomic mass is 16.6. The first-order valence-electron chi connectivity index (χ1n) is 11.5. The molecule has 2 N–H and O–H groups in total. The van der Waals surface area contributed by atoms with Gasteiger partial charge in [-0.15, -0.1) is 0 Å². The number of allylic oxidation sites excluding steroid dienone is 2. The number of esters is 1. The Kier molecular flexibility index (Phi) is 2.75. The molecular weight excluding hydrogens is 380 g/mol. The number of rotatable bonds is 0. The summed E-state index contributed by atoms with van der Waals surface area (Å²) >= 11 is 0. The van der Waals surface area contributed by atoms with Crippen molar-refractivity contribution in [2.24, 2.45) is 39.7 Å². The van der Waals surface area contributed by atoms with Crippen LogP contribution in [0.5, 0.6) is 0 Å². The molecule has 158 valence electrons. The van der Waals surface area contributed by atoms with Crippen molar-refractivity contribution < 1.29 is 19.1 Å². The van der Waals surface area contributed by atoms with E-state index in [9.17, 15) is 14.9 Å². The molecule has 9 atom stereocenters. The van der Waals surface area contributed by atoms with Gasteiger partial charge in [-0.05, 0) is 44.4 Å². The van der Waals surface area contributed by atoms with Crippen LogP contribution in [0.2, 0.25) is 0 Å². The van der Waals surface area contributed by atoms with Crippen molar-refractivity contribution in [3.8, 4) is 6.07 Å². The average molecular weight is 408 g/mol. The molecule has 4 saturated carbocycles. The Hall–Kier alpha value is -1.87. The van der Waals surface area contributed by atoms with E-state index < -0.39 is 10.8 Å². The molecule has 0 radical (unpaired) electrons. The quantitative estimate of drug-likeness (QED) is 0.488. The number of Topliss-reactive ketones (excluding diaryl/α,β-unsaturated/α-hetero) is 1. The second kappa shape index (κ2) is 4.65. The number of nitrogens with zero attached hydrogens (tertiary/aromatic N) is 1. The number of hydrogen-bond donors (Lipinski definition) is 1. The molecule has 6 fully saturated rings. The Morgan fingerprint density at radius 2 is 1.93 bits per heavy atom. The fraction of sp³-hybridized carbons (Fsp3) is 0.792. The lowest BCUT2D eigenvalue weighted by Gasteiger charge is -2.61. The Bertz CT molecular complexity index is 1030. The molecule has 5 aliphatic carbocycles. The maximum Gasteiger partial charge on any atom is 0.306 e. The van der Waals surface area contributed by atoms with E-state index >= 15 is 0 Å². The summed E-state index contributed by atoms with van der Waals surface area (Å²) in [7, 11) is 0. The zero-order valence-electron chi connectivity index (χ0n) is 17.6. The first kappa shape index (κ1) is 17.8. The van der Waals surface area contributed by atoms with E-state index in [1.165, 1.54) is 0 Å². The van der Waals surface area contributed by atoms with Crippen molar-refractivity contribution in [1.82, 2.24) is 0 Å². The van der Waals surface area contributed by atoms with E-state index in [1.54, 1.807) is 0 Å². The van der Waals surface area contributed by atoms with Crippen LogP contribution < -0.4 is 5.73 Å². The van der Waals surface area contributed by atoms with E-state index in [2.05, 4.69) is 19.9 Å². The van der Waals surface area contributed by atoms with Crippen LogP contribution in [0, 0.1) is 45.3 Å². The summed E-state index contributed by atoms with van der Waals surface area (Å²) in [6.45, 7) is 4.51. The number of carbonyl (C=O) groups is 2. The van der Waals surface area contributed by atoms with Crippen LogP contribution in [0.3, 0.4) is 0 Å². The fourth-order valence-electron chi connectivity index (χ4n) is 9.90. The Morgan fingerprint density at radius 3 is 2.63 bits per heavy atom. The van der Waals surface area contributed by atoms with Crippen LogP contribution in [-0.4, -0.2) is 29.1 Å². The zero-order chi connectivity index (χ0) is 20.9.